The van der Waals surface area contributed by atoms with Crippen LogP contribution in [-0.4, -0.2) is 53.5 Å². The van der Waals surface area contributed by atoms with Gasteiger partial charge >= 0.3 is 5.97 Å². The summed E-state index contributed by atoms with van der Waals surface area (Å²) in [6.45, 7) is 3.49. The largest absolute Gasteiger partial charge is 0.478 e. The number of carbonyl (C=O) groups is 4. The van der Waals surface area contributed by atoms with Crippen molar-refractivity contribution >= 4 is 33.7 Å². The number of nitrogens with two attached hydrogens (primary N) is 1. The Bertz CT molecular complexity index is 929. The first kappa shape index (κ1) is 20.3. The van der Waals surface area contributed by atoms with Crippen molar-refractivity contribution in [1.82, 2.24) is 10.2 Å². The van der Waals surface area contributed by atoms with Gasteiger partial charge in [0.15, 0.2) is 11.4 Å². The highest BCUT2D eigenvalue weighted by Gasteiger charge is 2.55. The predicted octanol–water partition coefficient (Wildman–Crippen LogP) is -0.567. The SMILES string of the molecule is CC(C)=CC(=O)O.NS(=O)(=O)[C@H]1NC(=O)[C@H]1N1C(=O)c2ccccc2C1=O. The number of fused-ring (bicyclic) bond motifs is 1. The highest BCUT2D eigenvalue weighted by molar-refractivity contribution is 7.90. The molecular formula is C16H17N3O7S. The second-order valence-corrected chi connectivity index (χ2v) is 7.73. The first-order valence-corrected chi connectivity index (χ1v) is 9.23. The lowest BCUT2D eigenvalue weighted by molar-refractivity contribution is -0.132. The number of hydrogen-bond donors (Lipinski definition) is 3. The molecule has 2 aliphatic heterocycles. The van der Waals surface area contributed by atoms with Crippen LogP contribution >= 0.6 is 0 Å². The van der Waals surface area contributed by atoms with Crippen LogP contribution in [0.15, 0.2) is 35.9 Å². The Morgan fingerprint density at radius 1 is 1.15 bits per heavy atom. The van der Waals surface area contributed by atoms with Crippen molar-refractivity contribution in [3.63, 3.8) is 0 Å². The van der Waals surface area contributed by atoms with Crippen molar-refractivity contribution in [2.75, 3.05) is 0 Å². The zero-order valence-electron chi connectivity index (χ0n) is 14.4. The summed E-state index contributed by atoms with van der Waals surface area (Å²) in [6, 6.07) is 4.62. The van der Waals surface area contributed by atoms with Gasteiger partial charge in [0, 0.05) is 6.08 Å². The average molecular weight is 395 g/mol. The molecule has 0 radical (unpaired) electrons. The quantitative estimate of drug-likeness (QED) is 0.350. The number of benzene rings is 1. The Morgan fingerprint density at radius 3 is 1.93 bits per heavy atom. The summed E-state index contributed by atoms with van der Waals surface area (Å²) in [5, 5.41) is 13.6. The third-order valence-corrected chi connectivity index (χ3v) is 4.79. The van der Waals surface area contributed by atoms with Crippen molar-refractivity contribution in [3.05, 3.63) is 47.0 Å². The van der Waals surface area contributed by atoms with Crippen LogP contribution in [0.5, 0.6) is 0 Å². The summed E-state index contributed by atoms with van der Waals surface area (Å²) in [4.78, 5) is 46.2. The molecule has 0 bridgehead atoms. The number of β-lactam (4-membered cyclic amide) rings is 1. The molecule has 1 aromatic carbocycles. The molecule has 1 saturated heterocycles. The minimum Gasteiger partial charge on any atom is -0.478 e. The lowest BCUT2D eigenvalue weighted by Gasteiger charge is -2.38. The molecule has 144 valence electrons. The van der Waals surface area contributed by atoms with Crippen LogP contribution in [0.2, 0.25) is 0 Å². The second kappa shape index (κ2) is 7.29. The van der Waals surface area contributed by atoms with E-state index in [1.54, 1.807) is 26.0 Å². The fourth-order valence-electron chi connectivity index (χ4n) is 2.57. The number of rotatable bonds is 3. The normalized spacial score (nSPS) is 20.7. The molecule has 27 heavy (non-hydrogen) atoms. The summed E-state index contributed by atoms with van der Waals surface area (Å²) in [7, 11) is -4.10. The van der Waals surface area contributed by atoms with Crippen molar-refractivity contribution in [3.8, 4) is 0 Å². The van der Waals surface area contributed by atoms with Crippen LogP contribution in [0.3, 0.4) is 0 Å². The van der Waals surface area contributed by atoms with Crippen molar-refractivity contribution in [2.45, 2.75) is 25.3 Å². The summed E-state index contributed by atoms with van der Waals surface area (Å²) in [5.41, 5.74) is 1.10. The number of nitrogens with one attached hydrogen (secondary N) is 1. The molecule has 1 aromatic rings. The van der Waals surface area contributed by atoms with Gasteiger partial charge in [-0.05, 0) is 26.0 Å². The number of imide groups is 1. The molecule has 11 heteroatoms. The van der Waals surface area contributed by atoms with Gasteiger partial charge in [-0.3, -0.25) is 19.3 Å². The molecule has 4 N–H and O–H groups in total. The number of aliphatic carboxylic acids is 1. The zero-order chi connectivity index (χ0) is 20.5. The van der Waals surface area contributed by atoms with E-state index in [0.29, 0.717) is 4.90 Å². The molecular weight excluding hydrogens is 378 g/mol. The van der Waals surface area contributed by atoms with Gasteiger partial charge in [-0.15, -0.1) is 0 Å². The summed E-state index contributed by atoms with van der Waals surface area (Å²) < 4.78 is 22.7. The van der Waals surface area contributed by atoms with Crippen molar-refractivity contribution < 1.29 is 32.7 Å². The molecule has 0 saturated carbocycles. The Hall–Kier alpha value is -3.05. The third kappa shape index (κ3) is 4.04. The molecule has 3 rings (SSSR count). The number of nitrogens with zero attached hydrogens (tertiary/aromatic N) is 1. The Kier molecular flexibility index (Phi) is 5.47. The Labute approximate surface area is 154 Å². The molecule has 2 heterocycles. The molecule has 3 amide bonds. The van der Waals surface area contributed by atoms with E-state index < -0.39 is 45.1 Å². The molecule has 0 aromatic heterocycles. The van der Waals surface area contributed by atoms with E-state index in [1.807, 2.05) is 0 Å². The van der Waals surface area contributed by atoms with E-state index in [4.69, 9.17) is 10.2 Å². The van der Waals surface area contributed by atoms with Crippen LogP contribution < -0.4 is 10.5 Å². The standard InChI is InChI=1S/C11H9N3O5S.C5H8O2/c12-20(18,19)9-7(8(15)13-9)14-10(16)5-3-1-2-4-6(5)11(14)17;1-4(2)3-5(6)7/h1-4,7,9H,(H,13,15)(H2,12,18,19);3H,1-2H3,(H,6,7)/t7-,9-;/m1./s1. The van der Waals surface area contributed by atoms with Crippen molar-refractivity contribution in [1.29, 1.82) is 0 Å². The average Bonchev–Trinajstić information content (AvgIpc) is 2.77. The Balaban J connectivity index is 0.000000321. The van der Waals surface area contributed by atoms with Crippen LogP contribution in [0.25, 0.3) is 0 Å². The van der Waals surface area contributed by atoms with Crippen molar-refractivity contribution in [2.24, 2.45) is 5.14 Å². The number of sulfonamides is 1. The molecule has 0 unspecified atom stereocenters. The van der Waals surface area contributed by atoms with E-state index in [-0.39, 0.29) is 11.1 Å². The maximum atomic E-state index is 12.1. The molecule has 10 nitrogen and oxygen atoms in total. The van der Waals surface area contributed by atoms with E-state index in [2.05, 4.69) is 5.32 Å². The predicted molar refractivity (Wildman–Crippen MR) is 92.8 cm³/mol. The molecule has 0 aliphatic carbocycles. The summed E-state index contributed by atoms with van der Waals surface area (Å²) in [5.74, 6) is -2.99. The van der Waals surface area contributed by atoms with Gasteiger partial charge in [-0.2, -0.15) is 0 Å². The fraction of sp³-hybridized carbons (Fsp3) is 0.250. The monoisotopic (exact) mass is 395 g/mol. The first-order valence-electron chi connectivity index (χ1n) is 7.62. The maximum absolute atomic E-state index is 12.1. The van der Waals surface area contributed by atoms with E-state index in [9.17, 15) is 27.6 Å². The first-order chi connectivity index (χ1) is 12.4. The van der Waals surface area contributed by atoms with Gasteiger partial charge in [0.2, 0.25) is 15.9 Å². The third-order valence-electron chi connectivity index (χ3n) is 3.71. The van der Waals surface area contributed by atoms with Crippen LogP contribution in [0, 0.1) is 0 Å². The van der Waals surface area contributed by atoms with Gasteiger partial charge in [0.1, 0.15) is 0 Å². The van der Waals surface area contributed by atoms with E-state index in [0.717, 1.165) is 5.57 Å². The lowest BCUT2D eigenvalue weighted by Crippen LogP contribution is -2.73. The van der Waals surface area contributed by atoms with Crippen LogP contribution in [0.1, 0.15) is 34.6 Å². The van der Waals surface area contributed by atoms with Gasteiger partial charge in [0.25, 0.3) is 11.8 Å². The topological polar surface area (TPSA) is 164 Å². The summed E-state index contributed by atoms with van der Waals surface area (Å²) >= 11 is 0. The zero-order valence-corrected chi connectivity index (χ0v) is 15.2. The highest BCUT2D eigenvalue weighted by atomic mass is 32.2. The number of carboxylic acid groups (broad SMARTS) is 1. The van der Waals surface area contributed by atoms with Crippen LogP contribution in [0.4, 0.5) is 0 Å². The van der Waals surface area contributed by atoms with E-state index >= 15 is 0 Å². The molecule has 2 aliphatic rings. The molecule has 2 atom stereocenters. The second-order valence-electron chi connectivity index (χ2n) is 6.05. The number of primary sulfonamides is 1. The number of allylic oxidation sites excluding steroid dienone is 1. The number of hydrogen-bond acceptors (Lipinski definition) is 6. The number of carbonyl (C=O) groups excluding carboxylic acids is 3. The van der Waals surface area contributed by atoms with Crippen LogP contribution in [-0.2, 0) is 19.6 Å². The minimum absolute atomic E-state index is 0.144. The highest BCUT2D eigenvalue weighted by Crippen LogP contribution is 2.29. The molecule has 0 spiro atoms. The van der Waals surface area contributed by atoms with Gasteiger partial charge in [0.05, 0.1) is 11.1 Å². The van der Waals surface area contributed by atoms with E-state index in [1.165, 1.54) is 18.2 Å². The van der Waals surface area contributed by atoms with Gasteiger partial charge in [-0.1, -0.05) is 17.7 Å². The summed E-state index contributed by atoms with van der Waals surface area (Å²) in [6.07, 6.45) is 1.17. The molecule has 1 fully saturated rings. The Morgan fingerprint density at radius 2 is 1.63 bits per heavy atom. The minimum atomic E-state index is -4.10. The lowest BCUT2D eigenvalue weighted by atomic mass is 10.1. The van der Waals surface area contributed by atoms with Gasteiger partial charge in [-0.25, -0.2) is 18.4 Å². The number of carboxylic acids is 1. The van der Waals surface area contributed by atoms with Gasteiger partial charge < -0.3 is 10.4 Å². The maximum Gasteiger partial charge on any atom is 0.328 e. The fourth-order valence-corrected chi connectivity index (χ4v) is 3.45. The smallest absolute Gasteiger partial charge is 0.328 e. The number of amides is 3.